The van der Waals surface area contributed by atoms with Crippen LogP contribution in [0.5, 0.6) is 0 Å². The van der Waals surface area contributed by atoms with Crippen molar-refractivity contribution in [3.8, 4) is 0 Å². The van der Waals surface area contributed by atoms with E-state index in [2.05, 4.69) is 4.98 Å². The van der Waals surface area contributed by atoms with Crippen LogP contribution in [-0.2, 0) is 21.4 Å². The van der Waals surface area contributed by atoms with Gasteiger partial charge < -0.3 is 9.67 Å². The maximum Gasteiger partial charge on any atom is 0.323 e. The van der Waals surface area contributed by atoms with Crippen LogP contribution in [0.25, 0.3) is 11.0 Å². The molecule has 0 amide bonds. The number of rotatable bonds is 10. The molecule has 4 rings (SSSR count). The normalized spacial score (nSPS) is 11.5. The fourth-order valence-corrected chi connectivity index (χ4v) is 5.99. The molecular weight excluding hydrogens is 458 g/mol. The number of benzene rings is 3. The van der Waals surface area contributed by atoms with E-state index < -0.39 is 16.0 Å². The number of carbonyl (C=O) groups is 1. The van der Waals surface area contributed by atoms with Crippen molar-refractivity contribution in [3.63, 3.8) is 0 Å². The van der Waals surface area contributed by atoms with E-state index in [9.17, 15) is 18.3 Å². The number of para-hydroxylation sites is 3. The topological polar surface area (TPSA) is 92.5 Å². The summed E-state index contributed by atoms with van der Waals surface area (Å²) in [5.74, 6) is -0.361. The highest BCUT2D eigenvalue weighted by Crippen LogP contribution is 2.27. The van der Waals surface area contributed by atoms with Crippen LogP contribution in [0.15, 0.2) is 95.0 Å². The SMILES string of the molecule is O=C(O)Cn1c(SCCCN(c2ccccc2)S(=O)(=O)c2ccccc2)nc2ccccc21. The molecule has 33 heavy (non-hydrogen) atoms. The van der Waals surface area contributed by atoms with Crippen LogP contribution in [0.4, 0.5) is 5.69 Å². The van der Waals surface area contributed by atoms with Gasteiger partial charge in [0.05, 0.1) is 21.6 Å². The number of sulfonamides is 1. The van der Waals surface area contributed by atoms with E-state index in [1.807, 2.05) is 42.5 Å². The zero-order valence-corrected chi connectivity index (χ0v) is 19.4. The summed E-state index contributed by atoms with van der Waals surface area (Å²) < 4.78 is 29.8. The molecule has 0 aliphatic heterocycles. The number of aliphatic carboxylic acids is 1. The molecular formula is C24H23N3O4S2. The van der Waals surface area contributed by atoms with Gasteiger partial charge in [-0.25, -0.2) is 13.4 Å². The highest BCUT2D eigenvalue weighted by Gasteiger charge is 2.24. The smallest absolute Gasteiger partial charge is 0.323 e. The first-order valence-electron chi connectivity index (χ1n) is 10.4. The Kier molecular flexibility index (Phi) is 7.00. The molecule has 0 fully saturated rings. The second-order valence-electron chi connectivity index (χ2n) is 7.29. The van der Waals surface area contributed by atoms with Crippen molar-refractivity contribution in [2.24, 2.45) is 0 Å². The van der Waals surface area contributed by atoms with E-state index in [0.717, 1.165) is 11.0 Å². The summed E-state index contributed by atoms with van der Waals surface area (Å²) in [6, 6.07) is 24.8. The van der Waals surface area contributed by atoms with Gasteiger partial charge in [-0.2, -0.15) is 0 Å². The van der Waals surface area contributed by atoms with Gasteiger partial charge in [-0.3, -0.25) is 9.10 Å². The lowest BCUT2D eigenvalue weighted by molar-refractivity contribution is -0.137. The first-order chi connectivity index (χ1) is 16.0. The Morgan fingerprint density at radius 2 is 1.58 bits per heavy atom. The van der Waals surface area contributed by atoms with Crippen LogP contribution in [-0.4, -0.2) is 41.3 Å². The van der Waals surface area contributed by atoms with E-state index in [1.54, 1.807) is 47.0 Å². The molecule has 0 unspecified atom stereocenters. The molecule has 3 aromatic carbocycles. The molecule has 0 bridgehead atoms. The van der Waals surface area contributed by atoms with Gasteiger partial charge in [0, 0.05) is 12.3 Å². The summed E-state index contributed by atoms with van der Waals surface area (Å²) >= 11 is 1.43. The molecule has 1 aromatic heterocycles. The van der Waals surface area contributed by atoms with Gasteiger partial charge in [-0.15, -0.1) is 0 Å². The van der Waals surface area contributed by atoms with Crippen molar-refractivity contribution in [1.29, 1.82) is 0 Å². The van der Waals surface area contributed by atoms with Crippen LogP contribution in [0.2, 0.25) is 0 Å². The highest BCUT2D eigenvalue weighted by molar-refractivity contribution is 7.99. The Bertz CT molecular complexity index is 1340. The molecule has 0 aliphatic carbocycles. The minimum Gasteiger partial charge on any atom is -0.480 e. The molecule has 0 saturated heterocycles. The quantitative estimate of drug-likeness (QED) is 0.265. The summed E-state index contributed by atoms with van der Waals surface area (Å²) in [6.45, 7) is 0.106. The van der Waals surface area contributed by atoms with E-state index in [1.165, 1.54) is 16.1 Å². The summed E-state index contributed by atoms with van der Waals surface area (Å²) in [5.41, 5.74) is 2.10. The molecule has 0 aliphatic rings. The number of carboxylic acids is 1. The fourth-order valence-electron chi connectivity index (χ4n) is 3.53. The fraction of sp³-hybridized carbons (Fsp3) is 0.167. The molecule has 0 atom stereocenters. The van der Waals surface area contributed by atoms with Crippen LogP contribution in [0.1, 0.15) is 6.42 Å². The van der Waals surface area contributed by atoms with Gasteiger partial charge in [0.1, 0.15) is 6.54 Å². The molecule has 0 saturated carbocycles. The molecule has 4 aromatic rings. The minimum absolute atomic E-state index is 0.179. The van der Waals surface area contributed by atoms with Gasteiger partial charge in [0.25, 0.3) is 10.0 Å². The average Bonchev–Trinajstić information content (AvgIpc) is 3.16. The zero-order chi connectivity index (χ0) is 23.3. The molecule has 0 spiro atoms. The lowest BCUT2D eigenvalue weighted by Crippen LogP contribution is -2.32. The lowest BCUT2D eigenvalue weighted by Gasteiger charge is -2.24. The number of thioether (sulfide) groups is 1. The van der Waals surface area contributed by atoms with Crippen LogP contribution in [0, 0.1) is 0 Å². The maximum absolute atomic E-state index is 13.3. The molecule has 1 N–H and O–H groups in total. The Labute approximate surface area is 196 Å². The summed E-state index contributed by atoms with van der Waals surface area (Å²) in [5, 5.41) is 9.91. The summed E-state index contributed by atoms with van der Waals surface area (Å²) in [7, 11) is -3.72. The average molecular weight is 482 g/mol. The number of imidazole rings is 1. The Morgan fingerprint density at radius 3 is 2.27 bits per heavy atom. The molecule has 1 heterocycles. The molecule has 7 nitrogen and oxygen atoms in total. The van der Waals surface area contributed by atoms with Gasteiger partial charge >= 0.3 is 5.97 Å². The lowest BCUT2D eigenvalue weighted by atomic mass is 10.3. The number of nitrogens with zero attached hydrogens (tertiary/aromatic N) is 3. The number of hydrogen-bond donors (Lipinski definition) is 1. The third-order valence-electron chi connectivity index (χ3n) is 5.02. The second kappa shape index (κ2) is 10.1. The van der Waals surface area contributed by atoms with Crippen molar-refractivity contribution in [2.45, 2.75) is 23.0 Å². The van der Waals surface area contributed by atoms with Crippen LogP contribution >= 0.6 is 11.8 Å². The summed E-state index contributed by atoms with van der Waals surface area (Å²) in [4.78, 5) is 16.2. The third kappa shape index (κ3) is 5.20. The van der Waals surface area contributed by atoms with Crippen molar-refractivity contribution in [3.05, 3.63) is 84.9 Å². The second-order valence-corrected chi connectivity index (χ2v) is 10.2. The van der Waals surface area contributed by atoms with Gasteiger partial charge in [-0.1, -0.05) is 60.3 Å². The highest BCUT2D eigenvalue weighted by atomic mass is 32.2. The van der Waals surface area contributed by atoms with Gasteiger partial charge in [0.2, 0.25) is 0 Å². The third-order valence-corrected chi connectivity index (χ3v) is 7.93. The number of fused-ring (bicyclic) bond motifs is 1. The first-order valence-corrected chi connectivity index (χ1v) is 12.8. The summed E-state index contributed by atoms with van der Waals surface area (Å²) in [6.07, 6.45) is 0.557. The van der Waals surface area contributed by atoms with Crippen molar-refractivity contribution in [1.82, 2.24) is 9.55 Å². The predicted molar refractivity (Wildman–Crippen MR) is 130 cm³/mol. The predicted octanol–water partition coefficient (Wildman–Crippen LogP) is 4.50. The van der Waals surface area contributed by atoms with Crippen molar-refractivity contribution < 1.29 is 18.3 Å². The Morgan fingerprint density at radius 1 is 0.939 bits per heavy atom. The Hall–Kier alpha value is -3.30. The molecule has 9 heteroatoms. The minimum atomic E-state index is -3.72. The number of hydrogen-bond acceptors (Lipinski definition) is 5. The largest absolute Gasteiger partial charge is 0.480 e. The first kappa shape index (κ1) is 22.9. The Balaban J connectivity index is 1.52. The van der Waals surface area contributed by atoms with Gasteiger partial charge in [-0.05, 0) is 42.8 Å². The van der Waals surface area contributed by atoms with Crippen molar-refractivity contribution in [2.75, 3.05) is 16.6 Å². The maximum atomic E-state index is 13.3. The van der Waals surface area contributed by atoms with E-state index >= 15 is 0 Å². The molecule has 170 valence electrons. The number of carboxylic acid groups (broad SMARTS) is 1. The number of anilines is 1. The van der Waals surface area contributed by atoms with E-state index in [-0.39, 0.29) is 18.0 Å². The van der Waals surface area contributed by atoms with Gasteiger partial charge in [0.15, 0.2) is 5.16 Å². The van der Waals surface area contributed by atoms with Crippen molar-refractivity contribution >= 4 is 44.5 Å². The van der Waals surface area contributed by atoms with Crippen LogP contribution in [0.3, 0.4) is 0 Å². The standard InChI is InChI=1S/C24H23N3O4S2/c28-23(29)18-26-22-15-8-7-14-21(22)25-24(26)32-17-9-16-27(19-10-3-1-4-11-19)33(30,31)20-12-5-2-6-13-20/h1-8,10-15H,9,16-18H2,(H,28,29). The zero-order valence-electron chi connectivity index (χ0n) is 17.7. The van der Waals surface area contributed by atoms with E-state index in [4.69, 9.17) is 0 Å². The monoisotopic (exact) mass is 481 g/mol. The number of aromatic nitrogens is 2. The van der Waals surface area contributed by atoms with E-state index in [0.29, 0.717) is 23.0 Å². The van der Waals surface area contributed by atoms with Crippen LogP contribution < -0.4 is 4.31 Å². The molecule has 0 radical (unpaired) electrons.